The maximum atomic E-state index is 10.2. The van der Waals surface area contributed by atoms with Gasteiger partial charge in [0.15, 0.2) is 5.75 Å². The standard InChI is InChI=1S/C17H25Cl2NO2/c1-3-7-22-17-14(18)9-12(10-15(17)19)8-13-11-20(4-2)6-5-16(13)21/h9-10,13,16,21H,3-8,11H2,1-2H3. The molecule has 2 unspecified atom stereocenters. The number of halogens is 2. The van der Waals surface area contributed by atoms with Gasteiger partial charge in [0, 0.05) is 19.0 Å². The highest BCUT2D eigenvalue weighted by Gasteiger charge is 2.27. The monoisotopic (exact) mass is 345 g/mol. The number of hydrogen-bond donors (Lipinski definition) is 1. The molecule has 0 saturated carbocycles. The SMILES string of the molecule is CCCOc1c(Cl)cc(CC2CN(CC)CCC2O)cc1Cl. The van der Waals surface area contributed by atoms with Crippen LogP contribution in [0, 0.1) is 5.92 Å². The molecule has 22 heavy (non-hydrogen) atoms. The zero-order valence-corrected chi connectivity index (χ0v) is 14.8. The molecule has 1 aromatic rings. The molecule has 5 heteroatoms. The van der Waals surface area contributed by atoms with Gasteiger partial charge in [-0.2, -0.15) is 0 Å². The van der Waals surface area contributed by atoms with Crippen LogP contribution in [0.25, 0.3) is 0 Å². The molecule has 1 saturated heterocycles. The van der Waals surface area contributed by atoms with E-state index < -0.39 is 0 Å². The predicted molar refractivity (Wildman–Crippen MR) is 92.2 cm³/mol. The van der Waals surface area contributed by atoms with Gasteiger partial charge in [0.2, 0.25) is 0 Å². The van der Waals surface area contributed by atoms with Crippen molar-refractivity contribution in [2.45, 2.75) is 39.2 Å². The van der Waals surface area contributed by atoms with Crippen molar-refractivity contribution in [1.82, 2.24) is 4.90 Å². The van der Waals surface area contributed by atoms with Crippen molar-refractivity contribution < 1.29 is 9.84 Å². The lowest BCUT2D eigenvalue weighted by atomic mass is 9.88. The number of benzene rings is 1. The normalized spacial score (nSPS) is 22.8. The first-order valence-corrected chi connectivity index (χ1v) is 8.81. The number of ether oxygens (including phenoxy) is 1. The van der Waals surface area contributed by atoms with E-state index in [1.807, 2.05) is 19.1 Å². The Balaban J connectivity index is 2.09. The summed E-state index contributed by atoms with van der Waals surface area (Å²) in [6.45, 7) is 7.71. The Labute approximate surface area is 143 Å². The van der Waals surface area contributed by atoms with Crippen LogP contribution in [0.2, 0.25) is 10.0 Å². The summed E-state index contributed by atoms with van der Waals surface area (Å²) in [4.78, 5) is 2.37. The minimum absolute atomic E-state index is 0.225. The van der Waals surface area contributed by atoms with Crippen LogP contribution in [0.3, 0.4) is 0 Å². The van der Waals surface area contributed by atoms with Crippen LogP contribution >= 0.6 is 23.2 Å². The first-order valence-electron chi connectivity index (χ1n) is 8.06. The Hall–Kier alpha value is -0.480. The van der Waals surface area contributed by atoms with Gasteiger partial charge in [0.05, 0.1) is 22.8 Å². The van der Waals surface area contributed by atoms with Gasteiger partial charge in [0.1, 0.15) is 0 Å². The minimum atomic E-state index is -0.253. The van der Waals surface area contributed by atoms with Crippen LogP contribution in [-0.2, 0) is 6.42 Å². The van der Waals surface area contributed by atoms with Crippen molar-refractivity contribution in [2.75, 3.05) is 26.2 Å². The molecule has 0 bridgehead atoms. The van der Waals surface area contributed by atoms with E-state index in [1.54, 1.807) is 0 Å². The fourth-order valence-electron chi connectivity index (χ4n) is 2.96. The van der Waals surface area contributed by atoms with Crippen LogP contribution in [0.1, 0.15) is 32.3 Å². The molecule has 3 nitrogen and oxygen atoms in total. The van der Waals surface area contributed by atoms with Crippen LogP contribution in [-0.4, -0.2) is 42.4 Å². The molecule has 1 aliphatic rings. The second kappa shape index (κ2) is 8.39. The maximum absolute atomic E-state index is 10.2. The quantitative estimate of drug-likeness (QED) is 0.844. The highest BCUT2D eigenvalue weighted by Crippen LogP contribution is 2.35. The van der Waals surface area contributed by atoms with Crippen molar-refractivity contribution in [3.8, 4) is 5.75 Å². The molecular formula is C17H25Cl2NO2. The van der Waals surface area contributed by atoms with Gasteiger partial charge in [-0.1, -0.05) is 37.0 Å². The Kier molecular flexibility index (Phi) is 6.82. The molecule has 1 heterocycles. The molecular weight excluding hydrogens is 321 g/mol. The van der Waals surface area contributed by atoms with Gasteiger partial charge in [-0.3, -0.25) is 0 Å². The molecule has 124 valence electrons. The first kappa shape index (κ1) is 17.9. The van der Waals surface area contributed by atoms with E-state index in [0.717, 1.165) is 44.5 Å². The summed E-state index contributed by atoms with van der Waals surface area (Å²) in [5.41, 5.74) is 1.06. The molecule has 0 aliphatic carbocycles. The summed E-state index contributed by atoms with van der Waals surface area (Å²) in [5, 5.41) is 11.3. The van der Waals surface area contributed by atoms with Crippen LogP contribution in [0.5, 0.6) is 5.75 Å². The molecule has 0 aromatic heterocycles. The van der Waals surface area contributed by atoms with E-state index in [0.29, 0.717) is 22.4 Å². The van der Waals surface area contributed by atoms with Crippen molar-refractivity contribution >= 4 is 23.2 Å². The zero-order chi connectivity index (χ0) is 16.1. The summed E-state index contributed by atoms with van der Waals surface area (Å²) in [6.07, 6.45) is 2.27. The lowest BCUT2D eigenvalue weighted by Crippen LogP contribution is -2.43. The van der Waals surface area contributed by atoms with E-state index in [9.17, 15) is 5.11 Å². The molecule has 2 rings (SSSR count). The number of aliphatic hydroxyl groups excluding tert-OH is 1. The van der Waals surface area contributed by atoms with Gasteiger partial charge >= 0.3 is 0 Å². The molecule has 1 fully saturated rings. The zero-order valence-electron chi connectivity index (χ0n) is 13.3. The molecule has 0 radical (unpaired) electrons. The number of piperidine rings is 1. The summed E-state index contributed by atoms with van der Waals surface area (Å²) < 4.78 is 5.60. The van der Waals surface area contributed by atoms with Crippen molar-refractivity contribution in [2.24, 2.45) is 5.92 Å². The van der Waals surface area contributed by atoms with Gasteiger partial charge in [-0.25, -0.2) is 0 Å². The Morgan fingerprint density at radius 2 is 1.95 bits per heavy atom. The maximum Gasteiger partial charge on any atom is 0.156 e. The number of likely N-dealkylation sites (tertiary alicyclic amines) is 1. The highest BCUT2D eigenvalue weighted by molar-refractivity contribution is 6.37. The average Bonchev–Trinajstić information content (AvgIpc) is 2.49. The Morgan fingerprint density at radius 1 is 1.27 bits per heavy atom. The third-order valence-corrected chi connectivity index (χ3v) is 4.79. The molecule has 1 aliphatic heterocycles. The second-order valence-electron chi connectivity index (χ2n) is 5.95. The highest BCUT2D eigenvalue weighted by atomic mass is 35.5. The lowest BCUT2D eigenvalue weighted by molar-refractivity contribution is 0.0290. The topological polar surface area (TPSA) is 32.7 Å². The van der Waals surface area contributed by atoms with E-state index in [2.05, 4.69) is 11.8 Å². The van der Waals surface area contributed by atoms with Crippen molar-refractivity contribution in [3.63, 3.8) is 0 Å². The lowest BCUT2D eigenvalue weighted by Gasteiger charge is -2.35. The molecule has 2 atom stereocenters. The van der Waals surface area contributed by atoms with Gasteiger partial charge < -0.3 is 14.7 Å². The van der Waals surface area contributed by atoms with Gasteiger partial charge in [-0.05, 0) is 43.5 Å². The Morgan fingerprint density at radius 3 is 2.55 bits per heavy atom. The van der Waals surface area contributed by atoms with Gasteiger partial charge in [0.25, 0.3) is 0 Å². The van der Waals surface area contributed by atoms with Crippen LogP contribution < -0.4 is 4.74 Å². The van der Waals surface area contributed by atoms with E-state index >= 15 is 0 Å². The molecule has 0 amide bonds. The number of nitrogens with zero attached hydrogens (tertiary/aromatic N) is 1. The number of rotatable bonds is 6. The minimum Gasteiger partial charge on any atom is -0.490 e. The van der Waals surface area contributed by atoms with E-state index in [1.165, 1.54) is 0 Å². The smallest absolute Gasteiger partial charge is 0.156 e. The second-order valence-corrected chi connectivity index (χ2v) is 6.76. The summed E-state index contributed by atoms with van der Waals surface area (Å²) >= 11 is 12.6. The molecule has 0 spiro atoms. The summed E-state index contributed by atoms with van der Waals surface area (Å²) in [7, 11) is 0. The molecule has 1 N–H and O–H groups in total. The number of hydrogen-bond acceptors (Lipinski definition) is 3. The van der Waals surface area contributed by atoms with E-state index in [-0.39, 0.29) is 12.0 Å². The number of aliphatic hydroxyl groups is 1. The Bertz CT molecular complexity index is 473. The van der Waals surface area contributed by atoms with Gasteiger partial charge in [-0.15, -0.1) is 0 Å². The predicted octanol–water partition coefficient (Wildman–Crippen LogP) is 4.03. The molecule has 1 aromatic carbocycles. The van der Waals surface area contributed by atoms with E-state index in [4.69, 9.17) is 27.9 Å². The third kappa shape index (κ3) is 4.51. The fourth-order valence-corrected chi connectivity index (χ4v) is 3.60. The third-order valence-electron chi connectivity index (χ3n) is 4.23. The van der Waals surface area contributed by atoms with Crippen molar-refractivity contribution in [1.29, 1.82) is 0 Å². The largest absolute Gasteiger partial charge is 0.490 e. The van der Waals surface area contributed by atoms with Crippen LogP contribution in [0.4, 0.5) is 0 Å². The average molecular weight is 346 g/mol. The summed E-state index contributed by atoms with van der Waals surface area (Å²) in [5.74, 6) is 0.788. The fraction of sp³-hybridized carbons (Fsp3) is 0.647. The summed E-state index contributed by atoms with van der Waals surface area (Å²) in [6, 6.07) is 3.83. The first-order chi connectivity index (χ1) is 10.5. The van der Waals surface area contributed by atoms with Crippen LogP contribution in [0.15, 0.2) is 12.1 Å². The van der Waals surface area contributed by atoms with Crippen molar-refractivity contribution in [3.05, 3.63) is 27.7 Å².